The second-order valence-electron chi connectivity index (χ2n) is 3.99. The van der Waals surface area contributed by atoms with Crippen molar-refractivity contribution in [3.63, 3.8) is 0 Å². The second-order valence-corrected chi connectivity index (χ2v) is 5.14. The lowest BCUT2D eigenvalue weighted by Crippen LogP contribution is -2.43. The average Bonchev–Trinajstić information content (AvgIpc) is 2.38. The molecule has 3 nitrogen and oxygen atoms in total. The predicted octanol–water partition coefficient (Wildman–Crippen LogP) is 2.47. The molecule has 19 heavy (non-hydrogen) atoms. The van der Waals surface area contributed by atoms with Crippen molar-refractivity contribution in [3.05, 3.63) is 29.8 Å². The van der Waals surface area contributed by atoms with Gasteiger partial charge >= 0.3 is 6.36 Å². The molecule has 1 aromatic carbocycles. The van der Waals surface area contributed by atoms with Crippen LogP contribution in [-0.2, 0) is 0 Å². The topological polar surface area (TPSA) is 38.3 Å². The smallest absolute Gasteiger partial charge is 0.405 e. The molecule has 1 unspecified atom stereocenters. The highest BCUT2D eigenvalue weighted by molar-refractivity contribution is 7.99. The Labute approximate surface area is 112 Å². The van der Waals surface area contributed by atoms with Gasteiger partial charge in [0.1, 0.15) is 5.75 Å². The molecule has 1 atom stereocenters. The van der Waals surface area contributed by atoms with Gasteiger partial charge in [-0.2, -0.15) is 11.8 Å². The molecular formula is C12H12F3NO2S. The number of nitrogens with one attached hydrogen (secondary N) is 1. The van der Waals surface area contributed by atoms with Gasteiger partial charge < -0.3 is 10.1 Å². The number of ether oxygens (including phenoxy) is 1. The van der Waals surface area contributed by atoms with E-state index in [-0.39, 0.29) is 11.3 Å². The molecule has 1 aromatic rings. The molecule has 0 aromatic heterocycles. The molecule has 1 aliphatic rings. The third-order valence-corrected chi connectivity index (χ3v) is 3.68. The largest absolute Gasteiger partial charge is 0.573 e. The molecule has 104 valence electrons. The molecule has 0 radical (unpaired) electrons. The van der Waals surface area contributed by atoms with Gasteiger partial charge in [0.15, 0.2) is 5.78 Å². The molecule has 1 heterocycles. The fourth-order valence-corrected chi connectivity index (χ4v) is 2.74. The van der Waals surface area contributed by atoms with Crippen molar-refractivity contribution >= 4 is 17.5 Å². The Bertz CT molecular complexity index is 459. The average molecular weight is 291 g/mol. The van der Waals surface area contributed by atoms with Crippen LogP contribution in [0.4, 0.5) is 13.2 Å². The number of thioether (sulfide) groups is 1. The SMILES string of the molecule is O=C(c1ccccc1OC(F)(F)F)C1CSCCN1. The fourth-order valence-electron chi connectivity index (χ4n) is 1.81. The van der Waals surface area contributed by atoms with E-state index in [4.69, 9.17) is 0 Å². The predicted molar refractivity (Wildman–Crippen MR) is 66.6 cm³/mol. The number of Topliss-reactive ketones (excluding diaryl/α,β-unsaturated/α-hetero) is 1. The second kappa shape index (κ2) is 5.83. The van der Waals surface area contributed by atoms with Crippen molar-refractivity contribution in [2.45, 2.75) is 12.4 Å². The number of ketones is 1. The van der Waals surface area contributed by atoms with Gasteiger partial charge in [-0.3, -0.25) is 4.79 Å². The number of hydrogen-bond acceptors (Lipinski definition) is 4. The first-order valence-electron chi connectivity index (χ1n) is 5.67. The summed E-state index contributed by atoms with van der Waals surface area (Å²) in [5.41, 5.74) is -0.0418. The first kappa shape index (κ1) is 14.2. The van der Waals surface area contributed by atoms with Gasteiger partial charge in [-0.15, -0.1) is 13.2 Å². The third-order valence-electron chi connectivity index (χ3n) is 2.62. The molecule has 1 fully saturated rings. The van der Waals surface area contributed by atoms with Crippen LogP contribution in [0.1, 0.15) is 10.4 Å². The van der Waals surface area contributed by atoms with Crippen molar-refractivity contribution in [1.82, 2.24) is 5.32 Å². The number of carbonyl (C=O) groups excluding carboxylic acids is 1. The summed E-state index contributed by atoms with van der Waals surface area (Å²) >= 11 is 1.60. The van der Waals surface area contributed by atoms with E-state index >= 15 is 0 Å². The van der Waals surface area contributed by atoms with Crippen molar-refractivity contribution in [2.24, 2.45) is 0 Å². The molecule has 0 aliphatic carbocycles. The molecule has 7 heteroatoms. The third kappa shape index (κ3) is 3.87. The van der Waals surface area contributed by atoms with Crippen LogP contribution in [0.2, 0.25) is 0 Å². The molecule has 0 amide bonds. The van der Waals surface area contributed by atoms with Crippen molar-refractivity contribution in [3.8, 4) is 5.75 Å². The number of para-hydroxylation sites is 1. The summed E-state index contributed by atoms with van der Waals surface area (Å²) in [4.78, 5) is 12.2. The minimum Gasteiger partial charge on any atom is -0.405 e. The zero-order valence-corrected chi connectivity index (χ0v) is 10.7. The maximum absolute atomic E-state index is 12.3. The van der Waals surface area contributed by atoms with Gasteiger partial charge in [0.2, 0.25) is 0 Å². The zero-order valence-electron chi connectivity index (χ0n) is 9.87. The number of benzene rings is 1. The summed E-state index contributed by atoms with van der Waals surface area (Å²) in [5.74, 6) is 0.633. The lowest BCUT2D eigenvalue weighted by atomic mass is 10.0. The van der Waals surface area contributed by atoms with Crippen LogP contribution in [0.15, 0.2) is 24.3 Å². The summed E-state index contributed by atoms with van der Waals surface area (Å²) in [6, 6.07) is 4.96. The Balaban J connectivity index is 2.21. The zero-order chi connectivity index (χ0) is 13.9. The van der Waals surface area contributed by atoms with Crippen LogP contribution in [-0.4, -0.2) is 36.2 Å². The van der Waals surface area contributed by atoms with Gasteiger partial charge in [-0.05, 0) is 12.1 Å². The Kier molecular flexibility index (Phi) is 4.36. The van der Waals surface area contributed by atoms with Gasteiger partial charge in [0, 0.05) is 18.1 Å². The van der Waals surface area contributed by atoms with Crippen LogP contribution in [0, 0.1) is 0 Å². The van der Waals surface area contributed by atoms with Crippen LogP contribution in [0.25, 0.3) is 0 Å². The number of alkyl halides is 3. The number of rotatable bonds is 3. The highest BCUT2D eigenvalue weighted by atomic mass is 32.2. The molecule has 1 N–H and O–H groups in total. The Morgan fingerprint density at radius 3 is 2.74 bits per heavy atom. The highest BCUT2D eigenvalue weighted by Crippen LogP contribution is 2.27. The van der Waals surface area contributed by atoms with Crippen LogP contribution < -0.4 is 10.1 Å². The molecule has 1 aliphatic heterocycles. The molecular weight excluding hydrogens is 279 g/mol. The molecule has 1 saturated heterocycles. The van der Waals surface area contributed by atoms with Crippen molar-refractivity contribution in [2.75, 3.05) is 18.1 Å². The molecule has 0 bridgehead atoms. The fraction of sp³-hybridized carbons (Fsp3) is 0.417. The van der Waals surface area contributed by atoms with E-state index < -0.39 is 18.2 Å². The number of halogens is 3. The van der Waals surface area contributed by atoms with Crippen LogP contribution in [0.3, 0.4) is 0 Å². The molecule has 0 spiro atoms. The van der Waals surface area contributed by atoms with E-state index in [0.29, 0.717) is 12.3 Å². The minimum atomic E-state index is -4.80. The van der Waals surface area contributed by atoms with Gasteiger partial charge in [0.05, 0.1) is 11.6 Å². The Morgan fingerprint density at radius 1 is 1.37 bits per heavy atom. The Morgan fingerprint density at radius 2 is 2.11 bits per heavy atom. The monoisotopic (exact) mass is 291 g/mol. The van der Waals surface area contributed by atoms with E-state index in [0.717, 1.165) is 11.8 Å². The highest BCUT2D eigenvalue weighted by Gasteiger charge is 2.34. The van der Waals surface area contributed by atoms with E-state index in [9.17, 15) is 18.0 Å². The Hall–Kier alpha value is -1.21. The lowest BCUT2D eigenvalue weighted by molar-refractivity contribution is -0.274. The molecule has 2 rings (SSSR count). The summed E-state index contributed by atoms with van der Waals surface area (Å²) in [5, 5.41) is 3.00. The number of carbonyl (C=O) groups is 1. The summed E-state index contributed by atoms with van der Waals surface area (Å²) in [6.45, 7) is 0.670. The van der Waals surface area contributed by atoms with Crippen LogP contribution >= 0.6 is 11.8 Å². The first-order valence-corrected chi connectivity index (χ1v) is 6.83. The summed E-state index contributed by atoms with van der Waals surface area (Å²) in [6.07, 6.45) is -4.80. The minimum absolute atomic E-state index is 0.0418. The van der Waals surface area contributed by atoms with Gasteiger partial charge in [-0.25, -0.2) is 0 Å². The van der Waals surface area contributed by atoms with E-state index in [2.05, 4.69) is 10.1 Å². The van der Waals surface area contributed by atoms with Gasteiger partial charge in [0.25, 0.3) is 0 Å². The van der Waals surface area contributed by atoms with Crippen molar-refractivity contribution < 1.29 is 22.7 Å². The quantitative estimate of drug-likeness (QED) is 0.868. The normalized spacial score (nSPS) is 20.1. The van der Waals surface area contributed by atoms with Gasteiger partial charge in [-0.1, -0.05) is 12.1 Å². The molecule has 0 saturated carbocycles. The maximum Gasteiger partial charge on any atom is 0.573 e. The van der Waals surface area contributed by atoms with E-state index in [1.54, 1.807) is 11.8 Å². The van der Waals surface area contributed by atoms with Crippen LogP contribution in [0.5, 0.6) is 5.75 Å². The maximum atomic E-state index is 12.3. The van der Waals surface area contributed by atoms with E-state index in [1.165, 1.54) is 18.2 Å². The van der Waals surface area contributed by atoms with Crippen molar-refractivity contribution in [1.29, 1.82) is 0 Å². The standard InChI is InChI=1S/C12H12F3NO2S/c13-12(14,15)18-10-4-2-1-3-8(10)11(17)9-7-19-6-5-16-9/h1-4,9,16H,5-7H2. The first-order chi connectivity index (χ1) is 8.97. The summed E-state index contributed by atoms with van der Waals surface area (Å²) in [7, 11) is 0. The number of hydrogen-bond donors (Lipinski definition) is 1. The summed E-state index contributed by atoms with van der Waals surface area (Å²) < 4.78 is 40.7. The van der Waals surface area contributed by atoms with E-state index in [1.807, 2.05) is 0 Å². The lowest BCUT2D eigenvalue weighted by Gasteiger charge is -2.23.